The molecule has 0 aliphatic carbocycles. The molecular formula is C22H26N6O. The van der Waals surface area contributed by atoms with Crippen LogP contribution in [0.1, 0.15) is 24.7 Å². The van der Waals surface area contributed by atoms with E-state index >= 15 is 0 Å². The molecule has 0 bridgehead atoms. The van der Waals surface area contributed by atoms with Gasteiger partial charge in [0.25, 0.3) is 0 Å². The van der Waals surface area contributed by atoms with E-state index in [9.17, 15) is 4.79 Å². The van der Waals surface area contributed by atoms with Crippen molar-refractivity contribution < 1.29 is 4.79 Å². The third kappa shape index (κ3) is 3.45. The van der Waals surface area contributed by atoms with Crippen LogP contribution in [0.5, 0.6) is 0 Å². The highest BCUT2D eigenvalue weighted by molar-refractivity contribution is 5.77. The van der Waals surface area contributed by atoms with Gasteiger partial charge in [0.1, 0.15) is 5.82 Å². The minimum Gasteiger partial charge on any atom is -0.354 e. The highest BCUT2D eigenvalue weighted by Gasteiger charge is 2.41. The zero-order valence-electron chi connectivity index (χ0n) is 16.7. The molecule has 0 spiro atoms. The molecule has 29 heavy (non-hydrogen) atoms. The van der Waals surface area contributed by atoms with Crippen LogP contribution in [-0.4, -0.2) is 56.8 Å². The van der Waals surface area contributed by atoms with Gasteiger partial charge in [0.15, 0.2) is 11.5 Å². The maximum absolute atomic E-state index is 12.7. The maximum atomic E-state index is 12.7. The first-order valence-corrected chi connectivity index (χ1v) is 10.5. The number of likely N-dealkylation sites (tertiary alicyclic amines) is 1. The third-order valence-corrected chi connectivity index (χ3v) is 6.26. The summed E-state index contributed by atoms with van der Waals surface area (Å²) in [6.07, 6.45) is 2.22. The maximum Gasteiger partial charge on any atom is 0.222 e. The second-order valence-electron chi connectivity index (χ2n) is 8.14. The SMILES string of the molecule is CCc1nnc2ccc(N3CC4CN(C(=O)CCc5ccccc5)CC4C3)nn12. The molecule has 2 atom stereocenters. The Bertz CT molecular complexity index is 1000. The lowest BCUT2D eigenvalue weighted by atomic mass is 10.0. The molecule has 4 heterocycles. The van der Waals surface area contributed by atoms with Gasteiger partial charge < -0.3 is 9.80 Å². The molecule has 2 aromatic heterocycles. The quantitative estimate of drug-likeness (QED) is 0.668. The highest BCUT2D eigenvalue weighted by atomic mass is 16.2. The number of rotatable bonds is 5. The summed E-state index contributed by atoms with van der Waals surface area (Å²) < 4.78 is 1.85. The Hall–Kier alpha value is -2.96. The molecule has 3 aromatic rings. The molecule has 5 rings (SSSR count). The summed E-state index contributed by atoms with van der Waals surface area (Å²) in [7, 11) is 0. The summed E-state index contributed by atoms with van der Waals surface area (Å²) in [4.78, 5) is 17.1. The average molecular weight is 390 g/mol. The van der Waals surface area contributed by atoms with E-state index in [1.54, 1.807) is 0 Å². The van der Waals surface area contributed by atoms with Crippen LogP contribution in [-0.2, 0) is 17.6 Å². The van der Waals surface area contributed by atoms with Gasteiger partial charge in [-0.05, 0) is 24.1 Å². The molecule has 0 N–H and O–H groups in total. The number of carbonyl (C=O) groups is 1. The molecule has 7 nitrogen and oxygen atoms in total. The van der Waals surface area contributed by atoms with Gasteiger partial charge in [-0.3, -0.25) is 4.79 Å². The number of benzene rings is 1. The monoisotopic (exact) mass is 390 g/mol. The number of amides is 1. The van der Waals surface area contributed by atoms with Crippen molar-refractivity contribution in [2.75, 3.05) is 31.1 Å². The van der Waals surface area contributed by atoms with Crippen LogP contribution < -0.4 is 4.90 Å². The largest absolute Gasteiger partial charge is 0.354 e. The molecular weight excluding hydrogens is 364 g/mol. The van der Waals surface area contributed by atoms with E-state index in [-0.39, 0.29) is 5.91 Å². The summed E-state index contributed by atoms with van der Waals surface area (Å²) in [5.74, 6) is 3.20. The van der Waals surface area contributed by atoms with Crippen LogP contribution in [0.3, 0.4) is 0 Å². The molecule has 0 radical (unpaired) electrons. The van der Waals surface area contributed by atoms with Crippen LogP contribution in [0.2, 0.25) is 0 Å². The van der Waals surface area contributed by atoms with Crippen molar-refractivity contribution in [3.8, 4) is 0 Å². The Morgan fingerprint density at radius 2 is 1.76 bits per heavy atom. The molecule has 2 aliphatic heterocycles. The number of anilines is 1. The summed E-state index contributed by atoms with van der Waals surface area (Å²) in [5.41, 5.74) is 2.02. The first-order chi connectivity index (χ1) is 14.2. The second kappa shape index (κ2) is 7.46. The van der Waals surface area contributed by atoms with Crippen molar-refractivity contribution in [2.45, 2.75) is 26.2 Å². The van der Waals surface area contributed by atoms with E-state index in [2.05, 4.69) is 39.1 Å². The first-order valence-electron chi connectivity index (χ1n) is 10.5. The summed E-state index contributed by atoms with van der Waals surface area (Å²) >= 11 is 0. The zero-order chi connectivity index (χ0) is 19.8. The van der Waals surface area contributed by atoms with Crippen molar-refractivity contribution in [2.24, 2.45) is 11.8 Å². The van der Waals surface area contributed by atoms with Crippen LogP contribution in [0.4, 0.5) is 5.82 Å². The van der Waals surface area contributed by atoms with Crippen molar-refractivity contribution in [1.82, 2.24) is 24.7 Å². The van der Waals surface area contributed by atoms with E-state index in [0.29, 0.717) is 18.3 Å². The summed E-state index contributed by atoms with van der Waals surface area (Å²) in [5, 5.41) is 13.1. The number of carbonyl (C=O) groups excluding carboxylic acids is 1. The zero-order valence-corrected chi connectivity index (χ0v) is 16.7. The van der Waals surface area contributed by atoms with Gasteiger partial charge >= 0.3 is 0 Å². The summed E-state index contributed by atoms with van der Waals surface area (Å²) in [6, 6.07) is 14.3. The Morgan fingerprint density at radius 3 is 2.48 bits per heavy atom. The number of nitrogens with zero attached hydrogens (tertiary/aromatic N) is 6. The van der Waals surface area contributed by atoms with Gasteiger partial charge in [-0.2, -0.15) is 4.52 Å². The minimum absolute atomic E-state index is 0.284. The van der Waals surface area contributed by atoms with Crippen molar-refractivity contribution in [1.29, 1.82) is 0 Å². The molecule has 1 aromatic carbocycles. The van der Waals surface area contributed by atoms with Gasteiger partial charge in [-0.25, -0.2) is 0 Å². The van der Waals surface area contributed by atoms with E-state index < -0.39 is 0 Å². The predicted molar refractivity (Wildman–Crippen MR) is 111 cm³/mol. The van der Waals surface area contributed by atoms with Gasteiger partial charge in [-0.15, -0.1) is 15.3 Å². The summed E-state index contributed by atoms with van der Waals surface area (Å²) in [6.45, 7) is 5.70. The number of aromatic nitrogens is 4. The van der Waals surface area contributed by atoms with Gasteiger partial charge in [0, 0.05) is 50.9 Å². The van der Waals surface area contributed by atoms with Gasteiger partial charge in [-0.1, -0.05) is 37.3 Å². The molecule has 7 heteroatoms. The van der Waals surface area contributed by atoms with E-state index in [1.165, 1.54) is 5.56 Å². The Morgan fingerprint density at radius 1 is 1.00 bits per heavy atom. The predicted octanol–water partition coefficient (Wildman–Crippen LogP) is 2.21. The number of hydrogen-bond acceptors (Lipinski definition) is 5. The Labute approximate surface area is 170 Å². The van der Waals surface area contributed by atoms with Crippen LogP contribution in [0, 0.1) is 11.8 Å². The normalized spacial score (nSPS) is 21.1. The van der Waals surface area contributed by atoms with Crippen molar-refractivity contribution in [3.05, 3.63) is 53.9 Å². The number of hydrogen-bond donors (Lipinski definition) is 0. The molecule has 2 unspecified atom stereocenters. The standard InChI is InChI=1S/C22H26N6O/c1-2-19-23-24-20-9-10-21(25-28(19)20)26-12-17-14-27(15-18(17)13-26)22(29)11-8-16-6-4-3-5-7-16/h3-7,9-10,17-18H,2,8,11-15H2,1H3. The molecule has 2 saturated heterocycles. The fourth-order valence-corrected chi connectivity index (χ4v) is 4.65. The molecule has 2 aliphatic rings. The fourth-order valence-electron chi connectivity index (χ4n) is 4.65. The van der Waals surface area contributed by atoms with Gasteiger partial charge in [0.05, 0.1) is 0 Å². The van der Waals surface area contributed by atoms with Crippen molar-refractivity contribution >= 4 is 17.4 Å². The van der Waals surface area contributed by atoms with E-state index in [4.69, 9.17) is 5.10 Å². The first kappa shape index (κ1) is 18.1. The average Bonchev–Trinajstić information content (AvgIpc) is 3.45. The van der Waals surface area contributed by atoms with Crippen LogP contribution in [0.15, 0.2) is 42.5 Å². The minimum atomic E-state index is 0.284. The lowest BCUT2D eigenvalue weighted by Gasteiger charge is -2.22. The highest BCUT2D eigenvalue weighted by Crippen LogP contribution is 2.33. The lowest BCUT2D eigenvalue weighted by Crippen LogP contribution is -2.33. The smallest absolute Gasteiger partial charge is 0.222 e. The molecule has 0 saturated carbocycles. The molecule has 150 valence electrons. The topological polar surface area (TPSA) is 66.6 Å². The van der Waals surface area contributed by atoms with Crippen LogP contribution >= 0.6 is 0 Å². The fraction of sp³-hybridized carbons (Fsp3) is 0.455. The Balaban J connectivity index is 1.20. The lowest BCUT2D eigenvalue weighted by molar-refractivity contribution is -0.130. The van der Waals surface area contributed by atoms with E-state index in [1.807, 2.05) is 34.8 Å². The molecule has 2 fully saturated rings. The Kier molecular flexibility index (Phi) is 4.66. The third-order valence-electron chi connectivity index (χ3n) is 6.26. The van der Waals surface area contributed by atoms with Crippen LogP contribution in [0.25, 0.3) is 5.65 Å². The number of fused-ring (bicyclic) bond motifs is 2. The number of aryl methyl sites for hydroxylation is 2. The van der Waals surface area contributed by atoms with Crippen molar-refractivity contribution in [3.63, 3.8) is 0 Å². The van der Waals surface area contributed by atoms with Gasteiger partial charge in [0.2, 0.25) is 5.91 Å². The molecule has 1 amide bonds. The second-order valence-corrected chi connectivity index (χ2v) is 8.14. The van der Waals surface area contributed by atoms with E-state index in [0.717, 1.165) is 56.3 Å².